The lowest BCUT2D eigenvalue weighted by atomic mass is 10.2. The van der Waals surface area contributed by atoms with Crippen LogP contribution >= 0.6 is 11.3 Å². The number of methoxy groups -OCH3 is 1. The molecular weight excluding hydrogens is 407 g/mol. The number of thiophene rings is 1. The van der Waals surface area contributed by atoms with Gasteiger partial charge in [-0.2, -0.15) is 0 Å². The zero-order valence-corrected chi connectivity index (χ0v) is 17.3. The van der Waals surface area contributed by atoms with Gasteiger partial charge >= 0.3 is 5.97 Å². The number of fused-ring (bicyclic) bond motifs is 1. The van der Waals surface area contributed by atoms with E-state index < -0.39 is 5.97 Å². The van der Waals surface area contributed by atoms with Crippen LogP contribution in [0.2, 0.25) is 0 Å². The zero-order valence-electron chi connectivity index (χ0n) is 16.5. The summed E-state index contributed by atoms with van der Waals surface area (Å²) in [5.41, 5.74) is 1.08. The van der Waals surface area contributed by atoms with E-state index in [-0.39, 0.29) is 18.3 Å². The molecule has 0 spiro atoms. The van der Waals surface area contributed by atoms with Crippen LogP contribution in [0.15, 0.2) is 48.5 Å². The fourth-order valence-corrected chi connectivity index (χ4v) is 4.35. The maximum Gasteiger partial charge on any atom is 0.348 e. The highest BCUT2D eigenvalue weighted by atomic mass is 32.1. The molecule has 30 heavy (non-hydrogen) atoms. The largest absolute Gasteiger partial charge is 0.497 e. The lowest BCUT2D eigenvalue weighted by molar-refractivity contribution is -0.134. The van der Waals surface area contributed by atoms with Gasteiger partial charge in [0.15, 0.2) is 6.61 Å². The first kappa shape index (κ1) is 20.2. The van der Waals surface area contributed by atoms with Gasteiger partial charge in [-0.05, 0) is 53.9 Å². The van der Waals surface area contributed by atoms with Crippen molar-refractivity contribution in [1.82, 2.24) is 4.90 Å². The predicted octanol–water partition coefficient (Wildman–Crippen LogP) is 3.55. The summed E-state index contributed by atoms with van der Waals surface area (Å²) in [5, 5.41) is 0.646. The minimum Gasteiger partial charge on any atom is -0.497 e. The molecule has 3 aromatic rings. The van der Waals surface area contributed by atoms with Crippen LogP contribution in [0.5, 0.6) is 5.75 Å². The number of nitrogens with zero attached hydrogens (tertiary/aromatic N) is 2. The molecule has 156 valence electrons. The lowest BCUT2D eigenvalue weighted by Gasteiger charge is -2.36. The van der Waals surface area contributed by atoms with Crippen molar-refractivity contribution in [3.63, 3.8) is 0 Å². The van der Waals surface area contributed by atoms with Gasteiger partial charge in [0, 0.05) is 36.6 Å². The monoisotopic (exact) mass is 428 g/mol. The van der Waals surface area contributed by atoms with Gasteiger partial charge in [-0.25, -0.2) is 9.18 Å². The van der Waals surface area contributed by atoms with Gasteiger partial charge in [0.2, 0.25) is 0 Å². The third-order valence-electron chi connectivity index (χ3n) is 5.08. The number of esters is 1. The van der Waals surface area contributed by atoms with Crippen LogP contribution in [-0.4, -0.2) is 56.7 Å². The zero-order chi connectivity index (χ0) is 21.1. The molecule has 1 aliphatic heterocycles. The van der Waals surface area contributed by atoms with E-state index in [1.165, 1.54) is 23.5 Å². The van der Waals surface area contributed by atoms with Crippen molar-refractivity contribution in [3.8, 4) is 5.75 Å². The molecule has 4 rings (SSSR count). The summed E-state index contributed by atoms with van der Waals surface area (Å²) in [6.07, 6.45) is 0. The third kappa shape index (κ3) is 4.38. The summed E-state index contributed by atoms with van der Waals surface area (Å²) in [4.78, 5) is 29.0. The Hall–Kier alpha value is -3.13. The highest BCUT2D eigenvalue weighted by molar-refractivity contribution is 7.20. The minimum atomic E-state index is -0.568. The van der Waals surface area contributed by atoms with Crippen LogP contribution in [0.1, 0.15) is 9.67 Å². The molecule has 1 saturated heterocycles. The molecule has 8 heteroatoms. The van der Waals surface area contributed by atoms with Crippen LogP contribution in [-0.2, 0) is 9.53 Å². The average Bonchev–Trinajstić information content (AvgIpc) is 3.21. The predicted molar refractivity (Wildman–Crippen MR) is 114 cm³/mol. The van der Waals surface area contributed by atoms with E-state index in [0.717, 1.165) is 16.1 Å². The molecule has 0 radical (unpaired) electrons. The number of halogens is 1. The van der Waals surface area contributed by atoms with Gasteiger partial charge in [-0.15, -0.1) is 11.3 Å². The van der Waals surface area contributed by atoms with Crippen molar-refractivity contribution in [2.24, 2.45) is 0 Å². The van der Waals surface area contributed by atoms with E-state index in [1.54, 1.807) is 24.1 Å². The van der Waals surface area contributed by atoms with E-state index >= 15 is 0 Å². The number of piperazine rings is 1. The number of amides is 1. The van der Waals surface area contributed by atoms with E-state index in [0.29, 0.717) is 36.4 Å². The summed E-state index contributed by atoms with van der Waals surface area (Å²) in [6.45, 7) is 2.22. The Morgan fingerprint density at radius 1 is 1.03 bits per heavy atom. The number of benzene rings is 2. The summed E-state index contributed by atoms with van der Waals surface area (Å²) >= 11 is 1.22. The molecule has 2 heterocycles. The summed E-state index contributed by atoms with van der Waals surface area (Å²) < 4.78 is 24.5. The Morgan fingerprint density at radius 2 is 1.77 bits per heavy atom. The minimum absolute atomic E-state index is 0.218. The van der Waals surface area contributed by atoms with Crippen LogP contribution in [0.4, 0.5) is 10.1 Å². The molecule has 1 amide bonds. The van der Waals surface area contributed by atoms with E-state index in [9.17, 15) is 14.0 Å². The normalized spacial score (nSPS) is 14.1. The van der Waals surface area contributed by atoms with Crippen molar-refractivity contribution in [2.75, 3.05) is 44.8 Å². The van der Waals surface area contributed by atoms with Crippen LogP contribution < -0.4 is 9.64 Å². The second-order valence-electron chi connectivity index (χ2n) is 6.93. The van der Waals surface area contributed by atoms with Crippen molar-refractivity contribution in [1.29, 1.82) is 0 Å². The van der Waals surface area contributed by atoms with Gasteiger partial charge in [0.1, 0.15) is 16.4 Å². The first-order valence-electron chi connectivity index (χ1n) is 9.56. The van der Waals surface area contributed by atoms with E-state index in [1.807, 2.05) is 24.3 Å². The summed E-state index contributed by atoms with van der Waals surface area (Å²) in [5.74, 6) is -0.339. The highest BCUT2D eigenvalue weighted by Gasteiger charge is 2.23. The molecule has 1 fully saturated rings. The van der Waals surface area contributed by atoms with Crippen LogP contribution in [0.25, 0.3) is 10.1 Å². The molecule has 1 aromatic heterocycles. The molecule has 0 N–H and O–H groups in total. The van der Waals surface area contributed by atoms with Gasteiger partial charge in [-0.3, -0.25) is 4.79 Å². The number of carbonyl (C=O) groups excluding carboxylic acids is 2. The van der Waals surface area contributed by atoms with Gasteiger partial charge in [0.25, 0.3) is 5.91 Å². The fourth-order valence-electron chi connectivity index (χ4n) is 3.41. The summed E-state index contributed by atoms with van der Waals surface area (Å²) in [6, 6.07) is 13.7. The van der Waals surface area contributed by atoms with Crippen molar-refractivity contribution in [3.05, 3.63) is 59.2 Å². The van der Waals surface area contributed by atoms with Gasteiger partial charge in [-0.1, -0.05) is 0 Å². The maximum atomic E-state index is 13.3. The summed E-state index contributed by atoms with van der Waals surface area (Å²) in [7, 11) is 1.63. The molecule has 6 nitrogen and oxygen atoms in total. The Kier molecular flexibility index (Phi) is 5.85. The highest BCUT2D eigenvalue weighted by Crippen LogP contribution is 2.27. The van der Waals surface area contributed by atoms with Crippen LogP contribution in [0.3, 0.4) is 0 Å². The second kappa shape index (κ2) is 8.71. The van der Waals surface area contributed by atoms with E-state index in [2.05, 4.69) is 4.90 Å². The Bertz CT molecular complexity index is 1060. The number of rotatable bonds is 5. The van der Waals surface area contributed by atoms with Gasteiger partial charge in [0.05, 0.1) is 7.11 Å². The number of anilines is 1. The molecule has 2 aromatic carbocycles. The first-order valence-corrected chi connectivity index (χ1v) is 10.4. The molecule has 0 unspecified atom stereocenters. The lowest BCUT2D eigenvalue weighted by Crippen LogP contribution is -2.49. The quantitative estimate of drug-likeness (QED) is 0.582. The molecule has 0 bridgehead atoms. The number of carbonyl (C=O) groups is 2. The third-order valence-corrected chi connectivity index (χ3v) is 6.17. The number of hydrogen-bond acceptors (Lipinski definition) is 6. The maximum absolute atomic E-state index is 13.3. The van der Waals surface area contributed by atoms with Crippen LogP contribution in [0, 0.1) is 5.82 Å². The Balaban J connectivity index is 1.28. The molecule has 0 aliphatic carbocycles. The van der Waals surface area contributed by atoms with Gasteiger partial charge < -0.3 is 19.3 Å². The number of ether oxygens (including phenoxy) is 2. The van der Waals surface area contributed by atoms with Crippen molar-refractivity contribution < 1.29 is 23.5 Å². The van der Waals surface area contributed by atoms with Crippen molar-refractivity contribution in [2.45, 2.75) is 0 Å². The first-order chi connectivity index (χ1) is 14.5. The Labute approximate surface area is 177 Å². The standard InChI is InChI=1S/C22H21FN2O4S/c1-28-18-5-3-17(4-6-18)24-8-10-25(11-9-24)21(26)14-29-22(27)20-13-15-12-16(23)2-7-19(15)30-20/h2-7,12-13H,8-11,14H2,1H3. The SMILES string of the molecule is COc1ccc(N2CCN(C(=O)COC(=O)c3cc4cc(F)ccc4s3)CC2)cc1. The molecule has 0 atom stereocenters. The Morgan fingerprint density at radius 3 is 2.47 bits per heavy atom. The second-order valence-corrected chi connectivity index (χ2v) is 8.02. The van der Waals surface area contributed by atoms with Crippen molar-refractivity contribution >= 4 is 39.0 Å². The fraction of sp³-hybridized carbons (Fsp3) is 0.273. The molecular formula is C22H21FN2O4S. The topological polar surface area (TPSA) is 59.1 Å². The average molecular weight is 428 g/mol. The smallest absolute Gasteiger partial charge is 0.348 e. The molecule has 1 aliphatic rings. The molecule has 0 saturated carbocycles. The van der Waals surface area contributed by atoms with E-state index in [4.69, 9.17) is 9.47 Å². The number of hydrogen-bond donors (Lipinski definition) is 0.